The van der Waals surface area contributed by atoms with Gasteiger partial charge in [0.05, 0.1) is 25.4 Å². The predicted octanol–water partition coefficient (Wildman–Crippen LogP) is 18.6. The molecule has 0 aromatic heterocycles. The first kappa shape index (κ1) is 65.3. The van der Waals surface area contributed by atoms with Gasteiger partial charge in [-0.05, 0) is 57.8 Å². The highest BCUT2D eigenvalue weighted by atomic mass is 16.5. The molecule has 2 unspecified atom stereocenters. The summed E-state index contributed by atoms with van der Waals surface area (Å²) < 4.78 is 5.45. The number of allylic oxidation sites excluding steroid dienone is 3. The minimum atomic E-state index is -0.853. The molecule has 6 nitrogen and oxygen atoms in total. The fraction of sp³-hybridized carbons (Fsp3) is 0.902. The van der Waals surface area contributed by atoms with Crippen LogP contribution in [-0.4, -0.2) is 47.4 Å². The molecule has 0 bridgehead atoms. The Morgan fingerprint density at radius 2 is 0.701 bits per heavy atom. The standard InChI is InChI=1S/C61H117NO5/c1-3-5-7-9-11-13-15-17-18-19-20-21-22-23-24-25-26-27-30-33-37-41-45-49-53-59(64)58(57-63)62-60(65)54-50-46-42-38-34-31-28-29-32-36-40-44-48-52-56-67-61(66)55-51-47-43-39-35-16-14-12-10-8-6-4-2/h12,14,49,53,58-59,63-64H,3-11,13,15-48,50-52,54-57H2,1-2H3,(H,62,65)/b14-12-,53-49+. The van der Waals surface area contributed by atoms with Crippen molar-refractivity contribution >= 4 is 11.9 Å². The number of unbranched alkanes of at least 4 members (excludes halogenated alkanes) is 43. The number of amides is 1. The molecular weight excluding hydrogens is 827 g/mol. The average Bonchev–Trinajstić information content (AvgIpc) is 3.33. The first-order valence-electron chi connectivity index (χ1n) is 30.1. The topological polar surface area (TPSA) is 95.9 Å². The first-order chi connectivity index (χ1) is 33.0. The highest BCUT2D eigenvalue weighted by Crippen LogP contribution is 2.17. The molecule has 1 amide bonds. The number of nitrogens with one attached hydrogen (secondary N) is 1. The molecular formula is C61H117NO5. The molecule has 0 aliphatic carbocycles. The van der Waals surface area contributed by atoms with E-state index >= 15 is 0 Å². The Morgan fingerprint density at radius 3 is 1.09 bits per heavy atom. The molecule has 0 saturated carbocycles. The van der Waals surface area contributed by atoms with Crippen LogP contribution in [0.4, 0.5) is 0 Å². The molecule has 0 aliphatic heterocycles. The van der Waals surface area contributed by atoms with Crippen molar-refractivity contribution in [3.8, 4) is 0 Å². The SMILES string of the molecule is CCCCC/C=C\CCCCCCCC(=O)OCCCCCCCCCCCCCCCCC(=O)NC(CO)C(O)/C=C/CCCCCCCCCCCCCCCCCCCCCCCC. The molecule has 2 atom stereocenters. The van der Waals surface area contributed by atoms with Gasteiger partial charge in [0, 0.05) is 12.8 Å². The zero-order chi connectivity index (χ0) is 48.6. The molecule has 0 aromatic carbocycles. The Hall–Kier alpha value is -1.66. The molecule has 0 rings (SSSR count). The van der Waals surface area contributed by atoms with Crippen molar-refractivity contribution in [2.45, 2.75) is 341 Å². The van der Waals surface area contributed by atoms with E-state index in [1.807, 2.05) is 6.08 Å². The number of ether oxygens (including phenoxy) is 1. The van der Waals surface area contributed by atoms with Crippen molar-refractivity contribution in [2.75, 3.05) is 13.2 Å². The van der Waals surface area contributed by atoms with E-state index in [0.717, 1.165) is 57.8 Å². The van der Waals surface area contributed by atoms with Crippen molar-refractivity contribution < 1.29 is 24.5 Å². The van der Waals surface area contributed by atoms with Gasteiger partial charge in [-0.15, -0.1) is 0 Å². The van der Waals surface area contributed by atoms with Gasteiger partial charge in [0.2, 0.25) is 5.91 Å². The summed E-state index contributed by atoms with van der Waals surface area (Å²) in [4.78, 5) is 24.5. The van der Waals surface area contributed by atoms with Crippen LogP contribution in [0.2, 0.25) is 0 Å². The summed E-state index contributed by atoms with van der Waals surface area (Å²) in [7, 11) is 0. The number of esters is 1. The lowest BCUT2D eigenvalue weighted by Gasteiger charge is -2.20. The highest BCUT2D eigenvalue weighted by molar-refractivity contribution is 5.76. The van der Waals surface area contributed by atoms with E-state index in [2.05, 4.69) is 31.3 Å². The molecule has 0 heterocycles. The molecule has 0 spiro atoms. The van der Waals surface area contributed by atoms with Crippen LogP contribution >= 0.6 is 0 Å². The maximum Gasteiger partial charge on any atom is 0.305 e. The average molecular weight is 945 g/mol. The van der Waals surface area contributed by atoms with Crippen LogP contribution in [0, 0.1) is 0 Å². The van der Waals surface area contributed by atoms with E-state index in [1.54, 1.807) is 6.08 Å². The van der Waals surface area contributed by atoms with Crippen molar-refractivity contribution in [3.63, 3.8) is 0 Å². The van der Waals surface area contributed by atoms with E-state index < -0.39 is 12.1 Å². The van der Waals surface area contributed by atoms with Crippen molar-refractivity contribution in [3.05, 3.63) is 24.3 Å². The van der Waals surface area contributed by atoms with E-state index in [0.29, 0.717) is 19.4 Å². The summed E-state index contributed by atoms with van der Waals surface area (Å²) in [6.45, 7) is 4.87. The minimum Gasteiger partial charge on any atom is -0.466 e. The molecule has 0 fully saturated rings. The quantitative estimate of drug-likeness (QED) is 0.0321. The fourth-order valence-electron chi connectivity index (χ4n) is 9.34. The zero-order valence-electron chi connectivity index (χ0n) is 45.1. The molecule has 67 heavy (non-hydrogen) atoms. The Bertz CT molecular complexity index is 1040. The van der Waals surface area contributed by atoms with Crippen LogP contribution in [0.5, 0.6) is 0 Å². The number of carbonyl (C=O) groups excluding carboxylic acids is 2. The summed E-state index contributed by atoms with van der Waals surface area (Å²) >= 11 is 0. The third-order valence-electron chi connectivity index (χ3n) is 14.0. The third-order valence-corrected chi connectivity index (χ3v) is 14.0. The monoisotopic (exact) mass is 944 g/mol. The van der Waals surface area contributed by atoms with Gasteiger partial charge >= 0.3 is 5.97 Å². The third kappa shape index (κ3) is 53.5. The van der Waals surface area contributed by atoms with Gasteiger partial charge in [-0.1, -0.05) is 282 Å². The highest BCUT2D eigenvalue weighted by Gasteiger charge is 2.18. The molecule has 0 aliphatic rings. The summed E-state index contributed by atoms with van der Waals surface area (Å²) in [6.07, 6.45) is 69.2. The van der Waals surface area contributed by atoms with Crippen LogP contribution in [0.1, 0.15) is 328 Å². The lowest BCUT2D eigenvalue weighted by atomic mass is 10.0. The van der Waals surface area contributed by atoms with Gasteiger partial charge in [0.15, 0.2) is 0 Å². The maximum atomic E-state index is 12.5. The van der Waals surface area contributed by atoms with E-state index in [9.17, 15) is 19.8 Å². The number of aliphatic hydroxyl groups excluding tert-OH is 2. The number of aliphatic hydroxyl groups is 2. The molecule has 0 saturated heterocycles. The lowest BCUT2D eigenvalue weighted by molar-refractivity contribution is -0.143. The molecule has 6 heteroatoms. The summed E-state index contributed by atoms with van der Waals surface area (Å²) in [5.74, 6) is -0.0885. The zero-order valence-corrected chi connectivity index (χ0v) is 45.1. The van der Waals surface area contributed by atoms with Gasteiger partial charge in [0.1, 0.15) is 0 Å². The van der Waals surface area contributed by atoms with Gasteiger partial charge in [-0.3, -0.25) is 9.59 Å². The Morgan fingerprint density at radius 1 is 0.403 bits per heavy atom. The Kier molecular flexibility index (Phi) is 55.5. The van der Waals surface area contributed by atoms with E-state index in [1.165, 1.54) is 244 Å². The van der Waals surface area contributed by atoms with Gasteiger partial charge in [-0.25, -0.2) is 0 Å². The first-order valence-corrected chi connectivity index (χ1v) is 30.1. The largest absolute Gasteiger partial charge is 0.466 e. The summed E-state index contributed by atoms with van der Waals surface area (Å²) in [6, 6.07) is -0.637. The normalized spacial score (nSPS) is 12.7. The van der Waals surface area contributed by atoms with Crippen LogP contribution in [0.25, 0.3) is 0 Å². The Balaban J connectivity index is 3.48. The molecule has 0 radical (unpaired) electrons. The Labute approximate surface area is 418 Å². The smallest absolute Gasteiger partial charge is 0.305 e. The van der Waals surface area contributed by atoms with Crippen LogP contribution in [0.3, 0.4) is 0 Å². The van der Waals surface area contributed by atoms with Gasteiger partial charge in [0.25, 0.3) is 0 Å². The van der Waals surface area contributed by atoms with Crippen LogP contribution in [0.15, 0.2) is 24.3 Å². The number of rotatable bonds is 56. The maximum absolute atomic E-state index is 12.5. The predicted molar refractivity (Wildman–Crippen MR) is 292 cm³/mol. The number of hydrogen-bond acceptors (Lipinski definition) is 5. The summed E-state index contributed by atoms with van der Waals surface area (Å²) in [5.41, 5.74) is 0. The fourth-order valence-corrected chi connectivity index (χ4v) is 9.34. The number of carbonyl (C=O) groups is 2. The number of hydrogen-bond donors (Lipinski definition) is 3. The van der Waals surface area contributed by atoms with Crippen molar-refractivity contribution in [2.24, 2.45) is 0 Å². The van der Waals surface area contributed by atoms with E-state index in [-0.39, 0.29) is 18.5 Å². The summed E-state index contributed by atoms with van der Waals surface area (Å²) in [5, 5.41) is 23.2. The molecule has 0 aromatic rings. The van der Waals surface area contributed by atoms with Gasteiger partial charge < -0.3 is 20.3 Å². The van der Waals surface area contributed by atoms with Gasteiger partial charge in [-0.2, -0.15) is 0 Å². The second-order valence-electron chi connectivity index (χ2n) is 20.7. The second-order valence-corrected chi connectivity index (χ2v) is 20.7. The second kappa shape index (κ2) is 56.9. The molecule has 3 N–H and O–H groups in total. The molecule has 396 valence electrons. The lowest BCUT2D eigenvalue weighted by Crippen LogP contribution is -2.45. The van der Waals surface area contributed by atoms with Crippen molar-refractivity contribution in [1.82, 2.24) is 5.32 Å². The van der Waals surface area contributed by atoms with Crippen LogP contribution in [-0.2, 0) is 14.3 Å². The minimum absolute atomic E-state index is 0.0129. The van der Waals surface area contributed by atoms with E-state index in [4.69, 9.17) is 4.74 Å². The van der Waals surface area contributed by atoms with Crippen LogP contribution < -0.4 is 5.32 Å². The van der Waals surface area contributed by atoms with Crippen molar-refractivity contribution in [1.29, 1.82) is 0 Å².